The molecule has 0 bridgehead atoms. The van der Waals surface area contributed by atoms with Crippen molar-refractivity contribution in [2.75, 3.05) is 7.11 Å². The summed E-state index contributed by atoms with van der Waals surface area (Å²) in [5.74, 6) is 0.979. The Morgan fingerprint density at radius 3 is 2.70 bits per heavy atom. The Hall–Kier alpha value is -2.80. The lowest BCUT2D eigenvalue weighted by atomic mass is 10.1. The van der Waals surface area contributed by atoms with E-state index in [1.54, 1.807) is 17.7 Å². The Morgan fingerprint density at radius 2 is 2.00 bits per heavy atom. The minimum absolute atomic E-state index is 0.0277. The molecule has 0 saturated carbocycles. The topological polar surface area (TPSA) is 83.3 Å². The molecule has 23 heavy (non-hydrogen) atoms. The summed E-state index contributed by atoms with van der Waals surface area (Å²) < 4.78 is 7.54. The van der Waals surface area contributed by atoms with E-state index in [9.17, 15) is 10.2 Å². The number of benzene rings is 2. The Bertz CT molecular complexity index is 931. The first-order valence-electron chi connectivity index (χ1n) is 6.86. The van der Waals surface area contributed by atoms with Crippen LogP contribution in [0.2, 0.25) is 0 Å². The lowest BCUT2D eigenvalue weighted by Gasteiger charge is -2.14. The van der Waals surface area contributed by atoms with Crippen molar-refractivity contribution in [2.24, 2.45) is 0 Å². The SMILES string of the molecule is COc1c(C)cccc1-n1c(-c2ccc(O)cc2O)n[nH]c1=S. The maximum absolute atomic E-state index is 10.1. The standard InChI is InChI=1S/C16H15N3O3S/c1-9-4-3-5-12(14(9)22-2)19-15(17-18-16(19)23)11-7-6-10(20)8-13(11)21/h3-8,20-21H,1-2H3,(H,18,23). The van der Waals surface area contributed by atoms with Gasteiger partial charge in [-0.15, -0.1) is 0 Å². The third-order valence-electron chi connectivity index (χ3n) is 3.53. The first-order chi connectivity index (χ1) is 11.0. The molecule has 0 amide bonds. The molecule has 0 aliphatic rings. The van der Waals surface area contributed by atoms with Gasteiger partial charge < -0.3 is 14.9 Å². The monoisotopic (exact) mass is 329 g/mol. The molecule has 3 aromatic rings. The molecule has 0 aliphatic carbocycles. The summed E-state index contributed by atoms with van der Waals surface area (Å²) in [4.78, 5) is 0. The minimum atomic E-state index is -0.0909. The molecule has 1 heterocycles. The Balaban J connectivity index is 2.29. The van der Waals surface area contributed by atoms with Gasteiger partial charge in [-0.05, 0) is 42.9 Å². The van der Waals surface area contributed by atoms with Gasteiger partial charge in [-0.25, -0.2) is 0 Å². The number of aryl methyl sites for hydroxylation is 1. The number of hydrogen-bond acceptors (Lipinski definition) is 5. The Morgan fingerprint density at radius 1 is 1.22 bits per heavy atom. The number of ether oxygens (including phenoxy) is 1. The fraction of sp³-hybridized carbons (Fsp3) is 0.125. The summed E-state index contributed by atoms with van der Waals surface area (Å²) in [5, 5.41) is 26.5. The van der Waals surface area contributed by atoms with Crippen molar-refractivity contribution >= 4 is 12.2 Å². The fourth-order valence-corrected chi connectivity index (χ4v) is 2.72. The number of para-hydroxylation sites is 1. The van der Waals surface area contributed by atoms with Crippen molar-refractivity contribution in [3.63, 3.8) is 0 Å². The van der Waals surface area contributed by atoms with Gasteiger partial charge in [0.05, 0.1) is 18.4 Å². The molecule has 2 aromatic carbocycles. The second kappa shape index (κ2) is 5.77. The fourth-order valence-electron chi connectivity index (χ4n) is 2.49. The van der Waals surface area contributed by atoms with Crippen LogP contribution in [0.1, 0.15) is 5.56 Å². The third kappa shape index (κ3) is 2.55. The van der Waals surface area contributed by atoms with Gasteiger partial charge in [0.25, 0.3) is 0 Å². The molecule has 0 aliphatic heterocycles. The zero-order valence-corrected chi connectivity index (χ0v) is 13.4. The first-order valence-corrected chi connectivity index (χ1v) is 7.27. The number of aromatic hydroxyl groups is 2. The summed E-state index contributed by atoms with van der Waals surface area (Å²) >= 11 is 5.33. The number of nitrogens with zero attached hydrogens (tertiary/aromatic N) is 2. The van der Waals surface area contributed by atoms with Crippen LogP contribution in [-0.2, 0) is 0 Å². The maximum Gasteiger partial charge on any atom is 0.200 e. The first kappa shape index (κ1) is 15.1. The van der Waals surface area contributed by atoms with Gasteiger partial charge in [-0.3, -0.25) is 9.67 Å². The van der Waals surface area contributed by atoms with Crippen LogP contribution in [0.15, 0.2) is 36.4 Å². The molecule has 6 nitrogen and oxygen atoms in total. The van der Waals surface area contributed by atoms with Crippen molar-refractivity contribution < 1.29 is 14.9 Å². The minimum Gasteiger partial charge on any atom is -0.508 e. The van der Waals surface area contributed by atoms with Crippen LogP contribution in [0.25, 0.3) is 17.1 Å². The van der Waals surface area contributed by atoms with E-state index < -0.39 is 0 Å². The number of aromatic nitrogens is 3. The highest BCUT2D eigenvalue weighted by Crippen LogP contribution is 2.35. The quantitative estimate of drug-likeness (QED) is 0.642. The smallest absolute Gasteiger partial charge is 0.200 e. The molecule has 0 spiro atoms. The number of phenolic OH excluding ortho intramolecular Hbond substituents is 2. The molecule has 0 fully saturated rings. The number of hydrogen-bond donors (Lipinski definition) is 3. The van der Waals surface area contributed by atoms with Crippen LogP contribution in [0.5, 0.6) is 17.2 Å². The van der Waals surface area contributed by atoms with Crippen molar-refractivity contribution in [3.05, 3.63) is 46.7 Å². The second-order valence-corrected chi connectivity index (χ2v) is 5.40. The average molecular weight is 329 g/mol. The van der Waals surface area contributed by atoms with Gasteiger partial charge in [0, 0.05) is 6.07 Å². The summed E-state index contributed by atoms with van der Waals surface area (Å²) in [7, 11) is 1.59. The highest BCUT2D eigenvalue weighted by molar-refractivity contribution is 7.71. The number of nitrogens with one attached hydrogen (secondary N) is 1. The number of methoxy groups -OCH3 is 1. The lowest BCUT2D eigenvalue weighted by molar-refractivity contribution is 0.409. The predicted octanol–water partition coefficient (Wildman–Crippen LogP) is 3.33. The number of phenols is 2. The zero-order chi connectivity index (χ0) is 16.6. The molecule has 0 radical (unpaired) electrons. The van der Waals surface area contributed by atoms with Crippen LogP contribution in [0, 0.1) is 11.7 Å². The van der Waals surface area contributed by atoms with E-state index in [0.717, 1.165) is 5.56 Å². The van der Waals surface area contributed by atoms with Crippen LogP contribution in [0.4, 0.5) is 0 Å². The van der Waals surface area contributed by atoms with E-state index in [4.69, 9.17) is 17.0 Å². The van der Waals surface area contributed by atoms with Gasteiger partial charge in [0.1, 0.15) is 17.2 Å². The molecule has 0 atom stereocenters. The summed E-state index contributed by atoms with van der Waals surface area (Å²) in [6.45, 7) is 1.93. The highest BCUT2D eigenvalue weighted by Gasteiger charge is 2.18. The third-order valence-corrected chi connectivity index (χ3v) is 3.80. The summed E-state index contributed by atoms with van der Waals surface area (Å²) in [5.41, 5.74) is 2.11. The normalized spacial score (nSPS) is 10.7. The van der Waals surface area contributed by atoms with Crippen LogP contribution < -0.4 is 4.74 Å². The van der Waals surface area contributed by atoms with Gasteiger partial charge in [-0.2, -0.15) is 5.10 Å². The van der Waals surface area contributed by atoms with E-state index in [1.807, 2.05) is 25.1 Å². The van der Waals surface area contributed by atoms with E-state index in [0.29, 0.717) is 27.6 Å². The van der Waals surface area contributed by atoms with Gasteiger partial charge >= 0.3 is 0 Å². The van der Waals surface area contributed by atoms with Crippen molar-refractivity contribution in [1.29, 1.82) is 0 Å². The molecule has 1 aromatic heterocycles. The summed E-state index contributed by atoms with van der Waals surface area (Å²) in [6, 6.07) is 9.99. The molecular weight excluding hydrogens is 314 g/mol. The lowest BCUT2D eigenvalue weighted by Crippen LogP contribution is -2.02. The molecule has 0 saturated heterocycles. The highest BCUT2D eigenvalue weighted by atomic mass is 32.1. The molecule has 3 N–H and O–H groups in total. The Kier molecular flexibility index (Phi) is 3.79. The van der Waals surface area contributed by atoms with E-state index in [1.165, 1.54) is 12.1 Å². The summed E-state index contributed by atoms with van der Waals surface area (Å²) in [6.07, 6.45) is 0. The zero-order valence-electron chi connectivity index (χ0n) is 12.6. The molecule has 118 valence electrons. The van der Waals surface area contributed by atoms with E-state index in [2.05, 4.69) is 10.2 Å². The molecule has 3 rings (SSSR count). The second-order valence-electron chi connectivity index (χ2n) is 5.02. The van der Waals surface area contributed by atoms with Crippen LogP contribution >= 0.6 is 12.2 Å². The number of aromatic amines is 1. The van der Waals surface area contributed by atoms with Gasteiger partial charge in [0.2, 0.25) is 0 Å². The van der Waals surface area contributed by atoms with Crippen molar-refractivity contribution in [3.8, 4) is 34.3 Å². The predicted molar refractivity (Wildman–Crippen MR) is 88.8 cm³/mol. The van der Waals surface area contributed by atoms with Crippen LogP contribution in [-0.4, -0.2) is 32.1 Å². The molecule has 7 heteroatoms. The number of H-pyrrole nitrogens is 1. The van der Waals surface area contributed by atoms with Crippen LogP contribution in [0.3, 0.4) is 0 Å². The molecular formula is C16H15N3O3S. The maximum atomic E-state index is 10.1. The average Bonchev–Trinajstić information content (AvgIpc) is 2.88. The van der Waals surface area contributed by atoms with Crippen molar-refractivity contribution in [2.45, 2.75) is 6.92 Å². The number of rotatable bonds is 3. The van der Waals surface area contributed by atoms with Gasteiger partial charge in [0.15, 0.2) is 10.6 Å². The van der Waals surface area contributed by atoms with Gasteiger partial charge in [-0.1, -0.05) is 12.1 Å². The Labute approximate surface area is 137 Å². The largest absolute Gasteiger partial charge is 0.508 e. The van der Waals surface area contributed by atoms with E-state index in [-0.39, 0.29) is 11.5 Å². The van der Waals surface area contributed by atoms with Crippen molar-refractivity contribution in [1.82, 2.24) is 14.8 Å². The molecule has 0 unspecified atom stereocenters. The van der Waals surface area contributed by atoms with E-state index >= 15 is 0 Å².